The van der Waals surface area contributed by atoms with Gasteiger partial charge in [-0.05, 0) is 6.92 Å². The second-order valence-electron chi connectivity index (χ2n) is 2.20. The highest BCUT2D eigenvalue weighted by Gasteiger charge is 2.44. The van der Waals surface area contributed by atoms with E-state index in [0.717, 1.165) is 6.08 Å². The Balaban J connectivity index is 2.31. The summed E-state index contributed by atoms with van der Waals surface area (Å²) in [4.78, 5) is 20.9. The van der Waals surface area contributed by atoms with Crippen molar-refractivity contribution in [2.45, 2.75) is 19.1 Å². The largest absolute Gasteiger partial charge is 0.455 e. The van der Waals surface area contributed by atoms with Crippen LogP contribution in [0.25, 0.3) is 0 Å². The normalized spacial score (nSPS) is 23.4. The monoisotopic (exact) mass is 156 g/mol. The molecule has 1 aliphatic rings. The molecular formula is C7H8O4. The molecule has 2 atom stereocenters. The first-order chi connectivity index (χ1) is 5.15. The maximum absolute atomic E-state index is 10.6. The van der Waals surface area contributed by atoms with Crippen LogP contribution in [0, 0.1) is 0 Å². The van der Waals surface area contributed by atoms with Crippen molar-refractivity contribution < 1.29 is 19.1 Å². The molecule has 0 saturated carbocycles. The fraction of sp³-hybridized carbons (Fsp3) is 0.429. The predicted molar refractivity (Wildman–Crippen MR) is 35.6 cm³/mol. The third-order valence-electron chi connectivity index (χ3n) is 1.31. The van der Waals surface area contributed by atoms with Crippen LogP contribution in [0.15, 0.2) is 12.7 Å². The Morgan fingerprint density at radius 1 is 1.91 bits per heavy atom. The summed E-state index contributed by atoms with van der Waals surface area (Å²) in [5, 5.41) is 0. The highest BCUT2D eigenvalue weighted by molar-refractivity contribution is 5.89. The number of esters is 1. The average Bonchev–Trinajstić information content (AvgIpc) is 2.66. The molecule has 4 heteroatoms. The number of hydrogen-bond donors (Lipinski definition) is 0. The van der Waals surface area contributed by atoms with Gasteiger partial charge in [0, 0.05) is 6.08 Å². The molecule has 0 aromatic rings. The summed E-state index contributed by atoms with van der Waals surface area (Å²) in [6.45, 7) is 4.81. The van der Waals surface area contributed by atoms with Crippen LogP contribution in [0.4, 0.5) is 0 Å². The van der Waals surface area contributed by atoms with Gasteiger partial charge in [0.2, 0.25) is 6.10 Å². The van der Waals surface area contributed by atoms with Crippen molar-refractivity contribution in [3.63, 3.8) is 0 Å². The van der Waals surface area contributed by atoms with E-state index in [-0.39, 0.29) is 5.97 Å². The molecule has 1 saturated heterocycles. The van der Waals surface area contributed by atoms with Crippen LogP contribution >= 0.6 is 0 Å². The van der Waals surface area contributed by atoms with E-state index < -0.39 is 18.2 Å². The Bertz CT molecular complexity index is 208. The molecule has 0 radical (unpaired) electrons. The minimum absolute atomic E-state index is 0.325. The molecule has 0 N–H and O–H groups in total. The predicted octanol–water partition coefficient (Wildman–Crippen LogP) is 0.0295. The minimum Gasteiger partial charge on any atom is -0.455 e. The van der Waals surface area contributed by atoms with Gasteiger partial charge in [-0.2, -0.15) is 0 Å². The summed E-state index contributed by atoms with van der Waals surface area (Å²) in [5.74, 6) is -0.866. The van der Waals surface area contributed by atoms with E-state index in [2.05, 4.69) is 11.3 Å². The average molecular weight is 156 g/mol. The van der Waals surface area contributed by atoms with Crippen LogP contribution in [-0.2, 0) is 19.1 Å². The fourth-order valence-corrected chi connectivity index (χ4v) is 0.672. The van der Waals surface area contributed by atoms with Crippen molar-refractivity contribution in [3.05, 3.63) is 12.7 Å². The molecule has 2 unspecified atom stereocenters. The van der Waals surface area contributed by atoms with E-state index in [1.165, 1.54) is 0 Å². The Hall–Kier alpha value is -1.32. The van der Waals surface area contributed by atoms with Crippen molar-refractivity contribution in [3.8, 4) is 0 Å². The standard InChI is InChI=1S/C7H8O4/c1-3-5(8)10-4(2)6-7(9)11-6/h3-4,6H,1H2,2H3. The number of carbonyl (C=O) groups excluding carboxylic acids is 2. The Labute approximate surface area is 63.8 Å². The summed E-state index contributed by atoms with van der Waals surface area (Å²) in [5.41, 5.74) is 0. The molecule has 1 heterocycles. The highest BCUT2D eigenvalue weighted by Crippen LogP contribution is 2.18. The molecule has 0 aromatic carbocycles. The van der Waals surface area contributed by atoms with E-state index in [1.807, 2.05) is 0 Å². The molecule has 0 aliphatic carbocycles. The van der Waals surface area contributed by atoms with Crippen LogP contribution in [-0.4, -0.2) is 24.1 Å². The third kappa shape index (κ3) is 1.80. The zero-order valence-corrected chi connectivity index (χ0v) is 6.07. The molecule has 60 valence electrons. The lowest BCUT2D eigenvalue weighted by Crippen LogP contribution is -2.19. The van der Waals surface area contributed by atoms with Crippen LogP contribution in [0.3, 0.4) is 0 Å². The van der Waals surface area contributed by atoms with Crippen LogP contribution in [0.5, 0.6) is 0 Å². The first kappa shape index (κ1) is 7.78. The summed E-state index contributed by atoms with van der Waals surface area (Å²) in [7, 11) is 0. The minimum atomic E-state index is -0.557. The second-order valence-corrected chi connectivity index (χ2v) is 2.20. The molecular weight excluding hydrogens is 148 g/mol. The number of carbonyl (C=O) groups is 2. The second kappa shape index (κ2) is 2.74. The van der Waals surface area contributed by atoms with Gasteiger partial charge in [0.25, 0.3) is 0 Å². The maximum Gasteiger partial charge on any atom is 0.352 e. The van der Waals surface area contributed by atoms with Gasteiger partial charge in [-0.25, -0.2) is 9.59 Å². The number of rotatable bonds is 3. The number of epoxide rings is 1. The van der Waals surface area contributed by atoms with Crippen molar-refractivity contribution in [2.75, 3.05) is 0 Å². The molecule has 0 amide bonds. The van der Waals surface area contributed by atoms with Gasteiger partial charge in [-0.3, -0.25) is 0 Å². The van der Waals surface area contributed by atoms with Crippen LogP contribution in [0.1, 0.15) is 6.92 Å². The molecule has 4 nitrogen and oxygen atoms in total. The topological polar surface area (TPSA) is 55.9 Å². The Morgan fingerprint density at radius 3 is 2.82 bits per heavy atom. The Morgan fingerprint density at radius 2 is 2.45 bits per heavy atom. The van der Waals surface area contributed by atoms with Crippen molar-refractivity contribution in [2.24, 2.45) is 0 Å². The number of cyclic esters (lactones) is 1. The lowest BCUT2D eigenvalue weighted by molar-refractivity contribution is -0.143. The number of ether oxygens (including phenoxy) is 2. The fourth-order valence-electron chi connectivity index (χ4n) is 0.672. The van der Waals surface area contributed by atoms with E-state index in [0.29, 0.717) is 0 Å². The smallest absolute Gasteiger partial charge is 0.352 e. The first-order valence-corrected chi connectivity index (χ1v) is 3.18. The summed E-state index contributed by atoms with van der Waals surface area (Å²) < 4.78 is 9.16. The van der Waals surface area contributed by atoms with Crippen molar-refractivity contribution in [1.82, 2.24) is 0 Å². The van der Waals surface area contributed by atoms with Gasteiger partial charge in [-0.1, -0.05) is 6.58 Å². The zero-order chi connectivity index (χ0) is 8.43. The van der Waals surface area contributed by atoms with Crippen molar-refractivity contribution >= 4 is 11.9 Å². The molecule has 11 heavy (non-hydrogen) atoms. The Kier molecular flexibility index (Phi) is 1.94. The van der Waals surface area contributed by atoms with E-state index >= 15 is 0 Å². The van der Waals surface area contributed by atoms with Crippen LogP contribution in [0.2, 0.25) is 0 Å². The van der Waals surface area contributed by atoms with Crippen LogP contribution < -0.4 is 0 Å². The van der Waals surface area contributed by atoms with E-state index in [1.54, 1.807) is 6.92 Å². The molecule has 0 bridgehead atoms. The third-order valence-corrected chi connectivity index (χ3v) is 1.31. The quantitative estimate of drug-likeness (QED) is 0.328. The molecule has 0 aromatic heterocycles. The van der Waals surface area contributed by atoms with Gasteiger partial charge >= 0.3 is 11.9 Å². The van der Waals surface area contributed by atoms with Gasteiger partial charge < -0.3 is 9.47 Å². The maximum atomic E-state index is 10.6. The number of hydrogen-bond acceptors (Lipinski definition) is 4. The van der Waals surface area contributed by atoms with Gasteiger partial charge in [0.05, 0.1) is 0 Å². The summed E-state index contributed by atoms with van der Waals surface area (Å²) >= 11 is 0. The highest BCUT2D eigenvalue weighted by atomic mass is 16.7. The van der Waals surface area contributed by atoms with Gasteiger partial charge in [0.15, 0.2) is 0 Å². The van der Waals surface area contributed by atoms with E-state index in [9.17, 15) is 9.59 Å². The van der Waals surface area contributed by atoms with Crippen molar-refractivity contribution in [1.29, 1.82) is 0 Å². The summed E-state index contributed by atoms with van der Waals surface area (Å²) in [6, 6.07) is 0. The molecule has 1 aliphatic heterocycles. The molecule has 1 rings (SSSR count). The first-order valence-electron chi connectivity index (χ1n) is 3.18. The van der Waals surface area contributed by atoms with Gasteiger partial charge in [-0.15, -0.1) is 0 Å². The molecule has 1 fully saturated rings. The summed E-state index contributed by atoms with van der Waals surface area (Å²) in [6.07, 6.45) is -0.0181. The van der Waals surface area contributed by atoms with Gasteiger partial charge in [0.1, 0.15) is 6.10 Å². The zero-order valence-electron chi connectivity index (χ0n) is 6.07. The molecule has 0 spiro atoms. The SMILES string of the molecule is C=CC(=O)OC(C)C1OC1=O. The van der Waals surface area contributed by atoms with E-state index in [4.69, 9.17) is 4.74 Å². The lowest BCUT2D eigenvalue weighted by Gasteiger charge is -2.05. The lowest BCUT2D eigenvalue weighted by atomic mass is 10.3.